The molecule has 0 aliphatic heterocycles. The highest BCUT2D eigenvalue weighted by Crippen LogP contribution is 2.48. The first-order valence-corrected chi connectivity index (χ1v) is 22.6. The van der Waals surface area contributed by atoms with Gasteiger partial charge in [0.25, 0.3) is 0 Å². The zero-order valence-corrected chi connectivity index (χ0v) is 35.7. The predicted octanol–water partition coefficient (Wildman–Crippen LogP) is 15.5. The van der Waals surface area contributed by atoms with Crippen molar-refractivity contribution in [2.45, 2.75) is 12.3 Å². The summed E-state index contributed by atoms with van der Waals surface area (Å²) in [4.78, 5) is 15.4. The maximum atomic E-state index is 6.69. The van der Waals surface area contributed by atoms with E-state index >= 15 is 0 Å². The summed E-state index contributed by atoms with van der Waals surface area (Å²) in [6.45, 7) is 0. The standard InChI is InChI=1S/C61H38N4O/c1-2-16-45(17-3-1)65-55-21-11-10-20-49(55)51-30-29-48-46-18-8-9-19-47(46)52(36-54(48)58(51)65)41-27-31-56-53(34-41)50-28-26-44(35-57(50)66-56)61-63-59(42-24-22-37-12-4-6-14-39(37)32-42)62-60(64-61)43-25-23-38-13-5-7-15-40(38)33-43/h1-35,52H,36H2. The minimum Gasteiger partial charge on any atom is -0.456 e. The van der Waals surface area contributed by atoms with E-state index in [-0.39, 0.29) is 5.92 Å². The molecule has 0 fully saturated rings. The normalized spacial score (nSPS) is 13.5. The number of aromatic nitrogens is 4. The van der Waals surface area contributed by atoms with Crippen molar-refractivity contribution in [2.24, 2.45) is 0 Å². The molecule has 1 aliphatic carbocycles. The number of rotatable bonds is 5. The first kappa shape index (κ1) is 36.8. The molecule has 308 valence electrons. The lowest BCUT2D eigenvalue weighted by molar-refractivity contribution is 0.668. The van der Waals surface area contributed by atoms with Crippen LogP contribution in [0.2, 0.25) is 0 Å². The summed E-state index contributed by atoms with van der Waals surface area (Å²) in [6, 6.07) is 76.0. The minimum atomic E-state index is 0.141. The van der Waals surface area contributed by atoms with Crippen LogP contribution in [0.15, 0.2) is 217 Å². The molecule has 5 nitrogen and oxygen atoms in total. The third-order valence-corrected chi connectivity index (χ3v) is 13.8. The van der Waals surface area contributed by atoms with Gasteiger partial charge >= 0.3 is 0 Å². The van der Waals surface area contributed by atoms with Crippen LogP contribution < -0.4 is 0 Å². The minimum absolute atomic E-state index is 0.141. The molecule has 3 heterocycles. The Morgan fingerprint density at radius 2 is 1.02 bits per heavy atom. The summed E-state index contributed by atoms with van der Waals surface area (Å²) in [5.74, 6) is 1.98. The van der Waals surface area contributed by atoms with E-state index in [1.54, 1.807) is 0 Å². The van der Waals surface area contributed by atoms with Crippen molar-refractivity contribution in [1.29, 1.82) is 0 Å². The lowest BCUT2D eigenvalue weighted by Gasteiger charge is -2.29. The molecule has 1 atom stereocenters. The van der Waals surface area contributed by atoms with E-state index in [4.69, 9.17) is 19.4 Å². The third-order valence-electron chi connectivity index (χ3n) is 13.8. The Labute approximate surface area is 379 Å². The smallest absolute Gasteiger partial charge is 0.164 e. The van der Waals surface area contributed by atoms with E-state index in [2.05, 4.69) is 217 Å². The Morgan fingerprint density at radius 3 is 1.76 bits per heavy atom. The van der Waals surface area contributed by atoms with E-state index in [1.165, 1.54) is 66.1 Å². The second kappa shape index (κ2) is 14.4. The average Bonchev–Trinajstić information content (AvgIpc) is 3.93. The molecule has 10 aromatic carbocycles. The average molecular weight is 843 g/mol. The van der Waals surface area contributed by atoms with Crippen LogP contribution in [0, 0.1) is 0 Å². The van der Waals surface area contributed by atoms with Gasteiger partial charge in [-0.15, -0.1) is 0 Å². The monoisotopic (exact) mass is 842 g/mol. The molecule has 66 heavy (non-hydrogen) atoms. The first-order chi connectivity index (χ1) is 32.7. The van der Waals surface area contributed by atoms with Gasteiger partial charge in [0.2, 0.25) is 0 Å². The van der Waals surface area contributed by atoms with Gasteiger partial charge in [-0.2, -0.15) is 0 Å². The van der Waals surface area contributed by atoms with E-state index in [0.29, 0.717) is 17.5 Å². The van der Waals surface area contributed by atoms with Crippen LogP contribution in [0.4, 0.5) is 0 Å². The number of hydrogen-bond acceptors (Lipinski definition) is 4. The molecule has 5 heteroatoms. The molecule has 0 amide bonds. The summed E-state index contributed by atoms with van der Waals surface area (Å²) < 4.78 is 9.16. The second-order valence-electron chi connectivity index (χ2n) is 17.5. The number of hydrogen-bond donors (Lipinski definition) is 0. The van der Waals surface area contributed by atoms with Crippen molar-refractivity contribution in [3.05, 3.63) is 229 Å². The van der Waals surface area contributed by atoms with Crippen LogP contribution in [-0.2, 0) is 6.42 Å². The summed E-state index contributed by atoms with van der Waals surface area (Å²) in [6.07, 6.45) is 0.872. The predicted molar refractivity (Wildman–Crippen MR) is 270 cm³/mol. The Kier molecular flexibility index (Phi) is 8.04. The molecule has 0 radical (unpaired) electrons. The molecule has 1 unspecified atom stereocenters. The van der Waals surface area contributed by atoms with Crippen LogP contribution in [0.5, 0.6) is 0 Å². The number of para-hydroxylation sites is 2. The molecular formula is C61H38N4O. The zero-order chi connectivity index (χ0) is 43.3. The van der Waals surface area contributed by atoms with Gasteiger partial charge in [-0.1, -0.05) is 158 Å². The van der Waals surface area contributed by atoms with Crippen molar-refractivity contribution < 1.29 is 4.42 Å². The van der Waals surface area contributed by atoms with Crippen LogP contribution in [0.1, 0.15) is 22.6 Å². The van der Waals surface area contributed by atoms with E-state index in [1.807, 2.05) is 0 Å². The van der Waals surface area contributed by atoms with Crippen LogP contribution in [0.3, 0.4) is 0 Å². The molecule has 14 rings (SSSR count). The molecule has 0 N–H and O–H groups in total. The Morgan fingerprint density at radius 1 is 0.409 bits per heavy atom. The summed E-state index contributed by atoms with van der Waals surface area (Å²) >= 11 is 0. The van der Waals surface area contributed by atoms with Gasteiger partial charge in [0.15, 0.2) is 17.5 Å². The number of fused-ring (bicyclic) bond motifs is 12. The number of benzene rings is 10. The van der Waals surface area contributed by atoms with Crippen molar-refractivity contribution in [2.75, 3.05) is 0 Å². The van der Waals surface area contributed by atoms with Gasteiger partial charge < -0.3 is 8.98 Å². The van der Waals surface area contributed by atoms with Crippen molar-refractivity contribution in [1.82, 2.24) is 19.5 Å². The quantitative estimate of drug-likeness (QED) is 0.173. The largest absolute Gasteiger partial charge is 0.456 e. The molecule has 0 spiro atoms. The zero-order valence-electron chi connectivity index (χ0n) is 35.7. The van der Waals surface area contributed by atoms with Crippen LogP contribution in [-0.4, -0.2) is 19.5 Å². The van der Waals surface area contributed by atoms with Gasteiger partial charge in [-0.05, 0) is 110 Å². The lowest BCUT2D eigenvalue weighted by atomic mass is 9.75. The van der Waals surface area contributed by atoms with Gasteiger partial charge in [-0.3, -0.25) is 0 Å². The van der Waals surface area contributed by atoms with Crippen molar-refractivity contribution in [3.63, 3.8) is 0 Å². The summed E-state index contributed by atoms with van der Waals surface area (Å²) in [5.41, 5.74) is 14.7. The van der Waals surface area contributed by atoms with Crippen LogP contribution in [0.25, 0.3) is 116 Å². The molecule has 0 saturated carbocycles. The van der Waals surface area contributed by atoms with Gasteiger partial charge in [0.1, 0.15) is 11.2 Å². The highest BCUT2D eigenvalue weighted by Gasteiger charge is 2.30. The fourth-order valence-corrected chi connectivity index (χ4v) is 10.7. The maximum absolute atomic E-state index is 6.69. The highest BCUT2D eigenvalue weighted by atomic mass is 16.3. The fraction of sp³-hybridized carbons (Fsp3) is 0.0328. The topological polar surface area (TPSA) is 56.7 Å². The highest BCUT2D eigenvalue weighted by molar-refractivity contribution is 6.12. The number of nitrogens with zero attached hydrogens (tertiary/aromatic N) is 4. The molecule has 3 aromatic heterocycles. The van der Waals surface area contributed by atoms with Gasteiger partial charge in [0, 0.05) is 49.8 Å². The number of furan rings is 1. The molecular weight excluding hydrogens is 805 g/mol. The molecule has 0 bridgehead atoms. The summed E-state index contributed by atoms with van der Waals surface area (Å²) in [7, 11) is 0. The first-order valence-electron chi connectivity index (χ1n) is 22.6. The second-order valence-corrected chi connectivity index (χ2v) is 17.5. The van der Waals surface area contributed by atoms with Crippen molar-refractivity contribution in [3.8, 4) is 51.0 Å². The Balaban J connectivity index is 0.896. The Bertz CT molecular complexity index is 4010. The fourth-order valence-electron chi connectivity index (χ4n) is 10.7. The molecule has 0 saturated heterocycles. The van der Waals surface area contributed by atoms with Gasteiger partial charge in [-0.25, -0.2) is 15.0 Å². The van der Waals surface area contributed by atoms with Crippen molar-refractivity contribution >= 4 is 65.3 Å². The third kappa shape index (κ3) is 5.76. The van der Waals surface area contributed by atoms with Gasteiger partial charge in [0.05, 0.1) is 11.0 Å². The molecule has 1 aliphatic rings. The maximum Gasteiger partial charge on any atom is 0.164 e. The summed E-state index contributed by atoms with van der Waals surface area (Å²) in [5, 5.41) is 9.32. The van der Waals surface area contributed by atoms with E-state index in [0.717, 1.165) is 55.8 Å². The Hall–Kier alpha value is -8.67. The molecule has 13 aromatic rings. The van der Waals surface area contributed by atoms with E-state index < -0.39 is 0 Å². The lowest BCUT2D eigenvalue weighted by Crippen LogP contribution is -2.14. The van der Waals surface area contributed by atoms with Crippen LogP contribution >= 0.6 is 0 Å². The SMILES string of the molecule is c1ccc(-n2c3ccccc3c3ccc4c(c32)CC(c2ccc3oc5cc(-c6nc(-c7ccc8ccccc8c7)nc(-c7ccc8ccccc8c7)n6)ccc5c3c2)c2ccccc2-4)cc1. The van der Waals surface area contributed by atoms with E-state index in [9.17, 15) is 0 Å².